The van der Waals surface area contributed by atoms with Gasteiger partial charge < -0.3 is 10.4 Å². The molecule has 27 heavy (non-hydrogen) atoms. The Morgan fingerprint density at radius 2 is 2.30 bits per heavy atom. The number of anilines is 1. The van der Waals surface area contributed by atoms with Crippen LogP contribution in [0.5, 0.6) is 5.75 Å². The fourth-order valence-electron chi connectivity index (χ4n) is 2.27. The second-order valence-electron chi connectivity index (χ2n) is 5.48. The van der Waals surface area contributed by atoms with Crippen molar-refractivity contribution in [1.82, 2.24) is 19.7 Å². The monoisotopic (exact) mass is 465 g/mol. The van der Waals surface area contributed by atoms with Crippen molar-refractivity contribution in [2.24, 2.45) is 0 Å². The molecule has 0 atom stereocenters. The minimum Gasteiger partial charge on any atom is -0.507 e. The van der Waals surface area contributed by atoms with Crippen LogP contribution in [0, 0.1) is 6.92 Å². The fourth-order valence-corrected chi connectivity index (χ4v) is 4.06. The first-order chi connectivity index (χ1) is 13.0. The van der Waals surface area contributed by atoms with E-state index in [1.165, 1.54) is 23.1 Å². The number of allylic oxidation sites excluding steroid dienone is 1. The molecule has 1 amide bonds. The Hall–Kier alpha value is -2.17. The van der Waals surface area contributed by atoms with Crippen LogP contribution in [0.2, 0.25) is 0 Å². The van der Waals surface area contributed by atoms with E-state index in [-0.39, 0.29) is 17.4 Å². The van der Waals surface area contributed by atoms with Crippen molar-refractivity contribution in [2.75, 3.05) is 11.1 Å². The maximum absolute atomic E-state index is 12.2. The predicted molar refractivity (Wildman–Crippen MR) is 111 cm³/mol. The van der Waals surface area contributed by atoms with E-state index >= 15 is 0 Å². The second-order valence-corrected chi connectivity index (χ2v) is 8.57. The number of hydrogen-bond donors (Lipinski definition) is 2. The molecule has 140 valence electrons. The topological polar surface area (TPSA) is 92.9 Å². The van der Waals surface area contributed by atoms with Gasteiger partial charge in [0.05, 0.1) is 11.3 Å². The fraction of sp³-hybridized carbons (Fsp3) is 0.176. The first kappa shape index (κ1) is 19.6. The molecule has 0 spiro atoms. The third-order valence-corrected chi connectivity index (χ3v) is 5.72. The molecule has 0 aliphatic carbocycles. The van der Waals surface area contributed by atoms with Gasteiger partial charge in [-0.1, -0.05) is 33.8 Å². The number of benzene rings is 1. The lowest BCUT2D eigenvalue weighted by atomic mass is 10.2. The Kier molecular flexibility index (Phi) is 6.30. The number of carbonyl (C=O) groups excluding carboxylic acids is 1. The molecule has 0 aliphatic heterocycles. The predicted octanol–water partition coefficient (Wildman–Crippen LogP) is 4.09. The lowest BCUT2D eigenvalue weighted by Crippen LogP contribution is -2.14. The van der Waals surface area contributed by atoms with Gasteiger partial charge in [-0.25, -0.2) is 4.98 Å². The number of phenolic OH excluding ortho intramolecular Hbond substituents is 1. The second kappa shape index (κ2) is 8.68. The standard InChI is InChI=1S/C17H16BrN5O2S2/c1-3-6-23-15(12-7-11(18)4-5-13(12)24)21-22-17(23)26-9-14(25)20-16-19-8-10(2)27-16/h3-5,7-8,24H,1,6,9H2,2H3,(H,19,20,25). The summed E-state index contributed by atoms with van der Waals surface area (Å²) in [5, 5.41) is 22.4. The molecule has 0 aliphatic rings. The average Bonchev–Trinajstić information content (AvgIpc) is 3.22. The molecular formula is C17H16BrN5O2S2. The van der Waals surface area contributed by atoms with Gasteiger partial charge >= 0.3 is 0 Å². The quantitative estimate of drug-likeness (QED) is 0.403. The number of phenols is 1. The number of thiazole rings is 1. The summed E-state index contributed by atoms with van der Waals surface area (Å²) in [5.41, 5.74) is 0.549. The molecule has 2 aromatic heterocycles. The van der Waals surface area contributed by atoms with Crippen LogP contribution < -0.4 is 5.32 Å². The van der Waals surface area contributed by atoms with Gasteiger partial charge in [0, 0.05) is 22.1 Å². The normalized spacial score (nSPS) is 10.7. The van der Waals surface area contributed by atoms with E-state index in [0.29, 0.717) is 28.2 Å². The van der Waals surface area contributed by atoms with Crippen LogP contribution in [0.3, 0.4) is 0 Å². The molecule has 1 aromatic carbocycles. The highest BCUT2D eigenvalue weighted by atomic mass is 79.9. The van der Waals surface area contributed by atoms with Gasteiger partial charge in [-0.2, -0.15) is 0 Å². The number of nitrogens with zero attached hydrogens (tertiary/aromatic N) is 4. The van der Waals surface area contributed by atoms with Gasteiger partial charge in [-0.05, 0) is 25.1 Å². The Morgan fingerprint density at radius 3 is 3.00 bits per heavy atom. The van der Waals surface area contributed by atoms with Crippen LogP contribution >= 0.6 is 39.0 Å². The van der Waals surface area contributed by atoms with Crippen molar-refractivity contribution < 1.29 is 9.90 Å². The lowest BCUT2D eigenvalue weighted by Gasteiger charge is -2.09. The number of thioether (sulfide) groups is 1. The van der Waals surface area contributed by atoms with Crippen LogP contribution in [-0.2, 0) is 11.3 Å². The Bertz CT molecular complexity index is 986. The molecule has 0 saturated carbocycles. The Morgan fingerprint density at radius 1 is 1.48 bits per heavy atom. The molecule has 0 bridgehead atoms. The molecular weight excluding hydrogens is 450 g/mol. The van der Waals surface area contributed by atoms with Gasteiger partial charge in [0.1, 0.15) is 5.75 Å². The number of nitrogens with one attached hydrogen (secondary N) is 1. The van der Waals surface area contributed by atoms with Crippen LogP contribution in [-0.4, -0.2) is 36.5 Å². The third-order valence-electron chi connectivity index (χ3n) is 3.43. The molecule has 0 unspecified atom stereocenters. The zero-order valence-electron chi connectivity index (χ0n) is 14.3. The number of aryl methyl sites for hydroxylation is 1. The van der Waals surface area contributed by atoms with E-state index in [2.05, 4.69) is 43.0 Å². The molecule has 3 rings (SSSR count). The van der Waals surface area contributed by atoms with Crippen molar-refractivity contribution in [2.45, 2.75) is 18.6 Å². The van der Waals surface area contributed by atoms with Gasteiger partial charge in [0.25, 0.3) is 0 Å². The molecule has 0 saturated heterocycles. The highest BCUT2D eigenvalue weighted by molar-refractivity contribution is 9.10. The minimum absolute atomic E-state index is 0.101. The largest absolute Gasteiger partial charge is 0.507 e. The SMILES string of the molecule is C=CCn1c(SCC(=O)Nc2ncc(C)s2)nnc1-c1cc(Br)ccc1O. The van der Waals surface area contributed by atoms with Crippen molar-refractivity contribution in [1.29, 1.82) is 0 Å². The first-order valence-corrected chi connectivity index (χ1v) is 10.5. The molecule has 0 fully saturated rings. The molecule has 3 aromatic rings. The van der Waals surface area contributed by atoms with Crippen molar-refractivity contribution in [3.05, 3.63) is 46.4 Å². The van der Waals surface area contributed by atoms with Crippen molar-refractivity contribution in [3.63, 3.8) is 0 Å². The van der Waals surface area contributed by atoms with E-state index in [1.54, 1.807) is 35.0 Å². The molecule has 7 nitrogen and oxygen atoms in total. The Labute approximate surface area is 172 Å². The number of hydrogen-bond acceptors (Lipinski definition) is 7. The van der Waals surface area contributed by atoms with Gasteiger partial charge in [0.2, 0.25) is 5.91 Å². The average molecular weight is 466 g/mol. The van der Waals surface area contributed by atoms with Crippen molar-refractivity contribution in [3.8, 4) is 17.1 Å². The number of halogens is 1. The summed E-state index contributed by atoms with van der Waals surface area (Å²) in [4.78, 5) is 17.3. The van der Waals surface area contributed by atoms with E-state index in [0.717, 1.165) is 9.35 Å². The van der Waals surface area contributed by atoms with Crippen LogP contribution in [0.4, 0.5) is 5.13 Å². The minimum atomic E-state index is -0.172. The maximum atomic E-state index is 12.2. The number of carbonyl (C=O) groups is 1. The molecule has 2 N–H and O–H groups in total. The summed E-state index contributed by atoms with van der Waals surface area (Å²) >= 11 is 6.08. The van der Waals surface area contributed by atoms with Crippen LogP contribution in [0.25, 0.3) is 11.4 Å². The Balaban J connectivity index is 1.77. The molecule has 2 heterocycles. The summed E-state index contributed by atoms with van der Waals surface area (Å²) in [7, 11) is 0. The van der Waals surface area contributed by atoms with E-state index in [4.69, 9.17) is 0 Å². The van der Waals surface area contributed by atoms with Gasteiger partial charge in [-0.3, -0.25) is 9.36 Å². The molecule has 0 radical (unpaired) electrons. The van der Waals surface area contributed by atoms with E-state index in [1.807, 2.05) is 6.92 Å². The number of rotatable bonds is 7. The summed E-state index contributed by atoms with van der Waals surface area (Å²) in [6, 6.07) is 5.10. The highest BCUT2D eigenvalue weighted by Gasteiger charge is 2.18. The van der Waals surface area contributed by atoms with Crippen LogP contribution in [0.1, 0.15) is 4.88 Å². The van der Waals surface area contributed by atoms with Crippen molar-refractivity contribution >= 4 is 50.1 Å². The molecule has 10 heteroatoms. The lowest BCUT2D eigenvalue weighted by molar-refractivity contribution is -0.113. The zero-order valence-corrected chi connectivity index (χ0v) is 17.6. The summed E-state index contributed by atoms with van der Waals surface area (Å²) in [6.45, 7) is 6.14. The summed E-state index contributed by atoms with van der Waals surface area (Å²) < 4.78 is 2.62. The smallest absolute Gasteiger partial charge is 0.236 e. The number of aromatic nitrogens is 4. The van der Waals surface area contributed by atoms with Gasteiger partial charge in [0.15, 0.2) is 16.1 Å². The number of amides is 1. The van der Waals surface area contributed by atoms with E-state index < -0.39 is 0 Å². The highest BCUT2D eigenvalue weighted by Crippen LogP contribution is 2.32. The number of aromatic hydroxyl groups is 1. The van der Waals surface area contributed by atoms with Crippen LogP contribution in [0.15, 0.2) is 46.7 Å². The third kappa shape index (κ3) is 4.76. The maximum Gasteiger partial charge on any atom is 0.236 e. The van der Waals surface area contributed by atoms with E-state index in [9.17, 15) is 9.90 Å². The summed E-state index contributed by atoms with van der Waals surface area (Å²) in [5.74, 6) is 0.601. The summed E-state index contributed by atoms with van der Waals surface area (Å²) in [6.07, 6.45) is 3.43. The zero-order chi connectivity index (χ0) is 19.4. The van der Waals surface area contributed by atoms with Gasteiger partial charge in [-0.15, -0.1) is 28.1 Å². The first-order valence-electron chi connectivity index (χ1n) is 7.86.